The van der Waals surface area contributed by atoms with E-state index in [1.54, 1.807) is 10.5 Å². The molecular formula is C15H19N3O2S. The molecule has 112 valence electrons. The normalized spacial score (nSPS) is 20.7. The number of hydrogen-bond donors (Lipinski definition) is 1. The van der Waals surface area contributed by atoms with Crippen LogP contribution >= 0.6 is 0 Å². The lowest BCUT2D eigenvalue weighted by Gasteiger charge is -2.32. The number of fused-ring (bicyclic) bond motifs is 1. The van der Waals surface area contributed by atoms with Gasteiger partial charge in [0.05, 0.1) is 11.3 Å². The highest BCUT2D eigenvalue weighted by Crippen LogP contribution is 2.21. The lowest BCUT2D eigenvalue weighted by molar-refractivity contribution is 0.283. The lowest BCUT2D eigenvalue weighted by atomic mass is 10.1. The minimum absolute atomic E-state index is 0.00565. The SMILES string of the molecule is CC1CNCCN1S(=O)(=O)Cc1cccc2cccnc12. The molecular weight excluding hydrogens is 286 g/mol. The first-order valence-electron chi connectivity index (χ1n) is 7.11. The van der Waals surface area contributed by atoms with Gasteiger partial charge in [-0.1, -0.05) is 24.3 Å². The van der Waals surface area contributed by atoms with Gasteiger partial charge in [-0.25, -0.2) is 8.42 Å². The number of para-hydroxylation sites is 1. The summed E-state index contributed by atoms with van der Waals surface area (Å²) in [4.78, 5) is 4.33. The maximum Gasteiger partial charge on any atom is 0.218 e. The minimum atomic E-state index is -3.32. The molecule has 6 heteroatoms. The third kappa shape index (κ3) is 2.92. The Labute approximate surface area is 125 Å². The number of rotatable bonds is 3. The molecule has 1 aromatic carbocycles. The van der Waals surface area contributed by atoms with Crippen molar-refractivity contribution in [1.82, 2.24) is 14.6 Å². The highest BCUT2D eigenvalue weighted by atomic mass is 32.2. The van der Waals surface area contributed by atoms with E-state index in [1.807, 2.05) is 37.3 Å². The molecule has 1 N–H and O–H groups in total. The molecule has 0 radical (unpaired) electrons. The summed E-state index contributed by atoms with van der Waals surface area (Å²) in [5.74, 6) is 0.00565. The molecule has 0 bridgehead atoms. The molecule has 1 unspecified atom stereocenters. The van der Waals surface area contributed by atoms with Gasteiger partial charge in [0, 0.05) is 37.3 Å². The van der Waals surface area contributed by atoms with E-state index in [4.69, 9.17) is 0 Å². The average Bonchev–Trinajstić information content (AvgIpc) is 2.47. The van der Waals surface area contributed by atoms with Crippen molar-refractivity contribution in [3.8, 4) is 0 Å². The third-order valence-corrected chi connectivity index (χ3v) is 5.78. The largest absolute Gasteiger partial charge is 0.314 e. The number of pyridine rings is 1. The molecule has 1 saturated heterocycles. The Bertz CT molecular complexity index is 740. The van der Waals surface area contributed by atoms with Crippen molar-refractivity contribution in [2.24, 2.45) is 0 Å². The maximum atomic E-state index is 12.7. The molecule has 1 fully saturated rings. The Morgan fingerprint density at radius 3 is 2.95 bits per heavy atom. The zero-order valence-corrected chi connectivity index (χ0v) is 12.8. The molecule has 0 saturated carbocycles. The second kappa shape index (κ2) is 5.71. The molecule has 1 aliphatic heterocycles. The van der Waals surface area contributed by atoms with E-state index in [0.29, 0.717) is 19.6 Å². The van der Waals surface area contributed by atoms with Crippen LogP contribution in [0.3, 0.4) is 0 Å². The second-order valence-corrected chi connectivity index (χ2v) is 7.33. The number of hydrogen-bond acceptors (Lipinski definition) is 4. The van der Waals surface area contributed by atoms with E-state index >= 15 is 0 Å². The van der Waals surface area contributed by atoms with Crippen LogP contribution in [0.2, 0.25) is 0 Å². The molecule has 1 aromatic heterocycles. The van der Waals surface area contributed by atoms with E-state index in [-0.39, 0.29) is 11.8 Å². The first kappa shape index (κ1) is 14.4. The summed E-state index contributed by atoms with van der Waals surface area (Å²) in [5.41, 5.74) is 1.53. The number of nitrogens with one attached hydrogen (secondary N) is 1. The molecule has 21 heavy (non-hydrogen) atoms. The number of nitrogens with zero attached hydrogens (tertiary/aromatic N) is 2. The first-order chi connectivity index (χ1) is 10.1. The molecule has 0 amide bonds. The Balaban J connectivity index is 1.94. The van der Waals surface area contributed by atoms with Crippen LogP contribution < -0.4 is 5.32 Å². The monoisotopic (exact) mass is 305 g/mol. The molecule has 0 aliphatic carbocycles. The summed E-state index contributed by atoms with van der Waals surface area (Å²) in [7, 11) is -3.32. The molecule has 5 nitrogen and oxygen atoms in total. The summed E-state index contributed by atoms with van der Waals surface area (Å²) in [6.07, 6.45) is 1.70. The molecule has 1 atom stereocenters. The van der Waals surface area contributed by atoms with Crippen LogP contribution in [0, 0.1) is 0 Å². The predicted molar refractivity (Wildman–Crippen MR) is 83.4 cm³/mol. The zero-order valence-electron chi connectivity index (χ0n) is 12.0. The van der Waals surface area contributed by atoms with E-state index < -0.39 is 10.0 Å². The van der Waals surface area contributed by atoms with Crippen LogP contribution in [0.25, 0.3) is 10.9 Å². The number of benzene rings is 1. The van der Waals surface area contributed by atoms with Crippen molar-refractivity contribution in [3.05, 3.63) is 42.1 Å². The number of aromatic nitrogens is 1. The van der Waals surface area contributed by atoms with E-state index in [1.165, 1.54) is 0 Å². The van der Waals surface area contributed by atoms with Gasteiger partial charge in [0.1, 0.15) is 0 Å². The van der Waals surface area contributed by atoms with Gasteiger partial charge < -0.3 is 5.32 Å². The van der Waals surface area contributed by atoms with Gasteiger partial charge >= 0.3 is 0 Å². The highest BCUT2D eigenvalue weighted by Gasteiger charge is 2.29. The predicted octanol–water partition coefficient (Wildman–Crippen LogP) is 1.36. The van der Waals surface area contributed by atoms with E-state index in [2.05, 4.69) is 10.3 Å². The average molecular weight is 305 g/mol. The van der Waals surface area contributed by atoms with Crippen LogP contribution in [-0.4, -0.2) is 43.4 Å². The molecule has 3 rings (SSSR count). The summed E-state index contributed by atoms with van der Waals surface area (Å²) in [6.45, 7) is 3.87. The lowest BCUT2D eigenvalue weighted by Crippen LogP contribution is -2.52. The van der Waals surface area contributed by atoms with E-state index in [9.17, 15) is 8.42 Å². The van der Waals surface area contributed by atoms with Gasteiger partial charge in [-0.05, 0) is 18.6 Å². The highest BCUT2D eigenvalue weighted by molar-refractivity contribution is 7.88. The quantitative estimate of drug-likeness (QED) is 0.930. The molecule has 1 aliphatic rings. The van der Waals surface area contributed by atoms with Gasteiger partial charge in [-0.3, -0.25) is 4.98 Å². The second-order valence-electron chi connectivity index (χ2n) is 5.41. The van der Waals surface area contributed by atoms with Crippen molar-refractivity contribution in [2.75, 3.05) is 19.6 Å². The van der Waals surface area contributed by atoms with Crippen LogP contribution in [0.5, 0.6) is 0 Å². The van der Waals surface area contributed by atoms with Crippen LogP contribution in [-0.2, 0) is 15.8 Å². The van der Waals surface area contributed by atoms with Gasteiger partial charge in [0.2, 0.25) is 10.0 Å². The standard InChI is InChI=1S/C15H19N3O2S/c1-12-10-16-8-9-18(12)21(19,20)11-14-5-2-4-13-6-3-7-17-15(13)14/h2-7,12,16H,8-11H2,1H3. The van der Waals surface area contributed by atoms with Crippen molar-refractivity contribution < 1.29 is 8.42 Å². The van der Waals surface area contributed by atoms with Gasteiger partial charge in [-0.15, -0.1) is 0 Å². The molecule has 2 heterocycles. The summed E-state index contributed by atoms with van der Waals surface area (Å²) >= 11 is 0. The first-order valence-corrected chi connectivity index (χ1v) is 8.72. The number of sulfonamides is 1. The number of piperazine rings is 1. The summed E-state index contributed by atoms with van der Waals surface area (Å²) in [6, 6.07) is 9.48. The zero-order chi connectivity index (χ0) is 14.9. The summed E-state index contributed by atoms with van der Waals surface area (Å²) < 4.78 is 27.0. The van der Waals surface area contributed by atoms with Gasteiger partial charge in [-0.2, -0.15) is 4.31 Å². The van der Waals surface area contributed by atoms with Gasteiger partial charge in [0.25, 0.3) is 0 Å². The smallest absolute Gasteiger partial charge is 0.218 e. The fraction of sp³-hybridized carbons (Fsp3) is 0.400. The van der Waals surface area contributed by atoms with Gasteiger partial charge in [0.15, 0.2) is 0 Å². The summed E-state index contributed by atoms with van der Waals surface area (Å²) in [5, 5.41) is 4.18. The van der Waals surface area contributed by atoms with Crippen LogP contribution in [0.4, 0.5) is 0 Å². The van der Waals surface area contributed by atoms with E-state index in [0.717, 1.165) is 16.5 Å². The van der Waals surface area contributed by atoms with Crippen LogP contribution in [0.15, 0.2) is 36.5 Å². The Kier molecular flexibility index (Phi) is 3.93. The molecule has 2 aromatic rings. The fourth-order valence-electron chi connectivity index (χ4n) is 2.80. The Hall–Kier alpha value is -1.50. The van der Waals surface area contributed by atoms with Crippen molar-refractivity contribution >= 4 is 20.9 Å². The third-order valence-electron chi connectivity index (χ3n) is 3.85. The maximum absolute atomic E-state index is 12.7. The van der Waals surface area contributed by atoms with Crippen LogP contribution in [0.1, 0.15) is 12.5 Å². The Morgan fingerprint density at radius 2 is 2.14 bits per heavy atom. The van der Waals surface area contributed by atoms with Crippen molar-refractivity contribution in [1.29, 1.82) is 0 Å². The van der Waals surface area contributed by atoms with Crippen molar-refractivity contribution in [3.63, 3.8) is 0 Å². The molecule has 0 spiro atoms. The Morgan fingerprint density at radius 1 is 1.33 bits per heavy atom. The minimum Gasteiger partial charge on any atom is -0.314 e. The van der Waals surface area contributed by atoms with Crippen molar-refractivity contribution in [2.45, 2.75) is 18.7 Å². The topological polar surface area (TPSA) is 62.3 Å². The fourth-order valence-corrected chi connectivity index (χ4v) is 4.58.